The van der Waals surface area contributed by atoms with Crippen molar-refractivity contribution in [1.82, 2.24) is 15.1 Å². The predicted molar refractivity (Wildman–Crippen MR) is 90.1 cm³/mol. The number of carbonyl (C=O) groups is 2. The third-order valence-electron chi connectivity index (χ3n) is 3.70. The van der Waals surface area contributed by atoms with Gasteiger partial charge >= 0.3 is 6.09 Å². The first kappa shape index (κ1) is 18.5. The minimum atomic E-state index is -0.510. The van der Waals surface area contributed by atoms with E-state index < -0.39 is 5.60 Å². The molecule has 0 radical (unpaired) electrons. The number of hydrogen-bond donors (Lipinski definition) is 1. The molecule has 0 aliphatic carbocycles. The fraction of sp³-hybridized carbons (Fsp3) is 0.812. The monoisotopic (exact) mass is 340 g/mol. The summed E-state index contributed by atoms with van der Waals surface area (Å²) in [7, 11) is 0. The maximum atomic E-state index is 12.1. The Morgan fingerprint density at radius 1 is 1.21 bits per heavy atom. The van der Waals surface area contributed by atoms with E-state index in [4.69, 9.17) is 9.47 Å². The molecule has 2 amide bonds. The molecule has 2 heterocycles. The summed E-state index contributed by atoms with van der Waals surface area (Å²) in [5.74, 6) is 0.841. The number of aliphatic imine (C=N–C) groups is 1. The second-order valence-corrected chi connectivity index (χ2v) is 6.90. The van der Waals surface area contributed by atoms with Crippen LogP contribution in [0.2, 0.25) is 0 Å². The van der Waals surface area contributed by atoms with Crippen molar-refractivity contribution in [3.63, 3.8) is 0 Å². The van der Waals surface area contributed by atoms with Crippen LogP contribution in [0.15, 0.2) is 4.99 Å². The smallest absolute Gasteiger partial charge is 0.410 e. The van der Waals surface area contributed by atoms with Crippen LogP contribution in [0.1, 0.15) is 27.2 Å². The molecule has 0 aromatic heterocycles. The summed E-state index contributed by atoms with van der Waals surface area (Å²) in [4.78, 5) is 32.0. The number of nitrogens with zero attached hydrogens (tertiary/aromatic N) is 3. The summed E-state index contributed by atoms with van der Waals surface area (Å²) in [6.45, 7) is 10.1. The van der Waals surface area contributed by atoms with E-state index in [9.17, 15) is 9.59 Å². The third-order valence-corrected chi connectivity index (χ3v) is 3.70. The quantitative estimate of drug-likeness (QED) is 0.808. The molecule has 2 rings (SSSR count). The maximum absolute atomic E-state index is 12.1. The van der Waals surface area contributed by atoms with Crippen molar-refractivity contribution in [1.29, 1.82) is 0 Å². The van der Waals surface area contributed by atoms with Gasteiger partial charge in [0.1, 0.15) is 11.4 Å². The third kappa shape index (κ3) is 5.99. The van der Waals surface area contributed by atoms with Gasteiger partial charge in [0.05, 0.1) is 26.3 Å². The van der Waals surface area contributed by atoms with Gasteiger partial charge in [0.25, 0.3) is 0 Å². The first-order valence-electron chi connectivity index (χ1n) is 8.46. The summed E-state index contributed by atoms with van der Waals surface area (Å²) < 4.78 is 10.6. The van der Waals surface area contributed by atoms with Crippen molar-refractivity contribution < 1.29 is 19.1 Å². The number of nitrogens with one attached hydrogen (secondary N) is 1. The molecule has 8 heteroatoms. The molecule has 0 saturated carbocycles. The Bertz CT molecular complexity index is 481. The standard InChI is InChI=1S/C16H28N4O4/c1-16(2,3)24-15(22)20-7-6-18-13(12-20)17-5-4-14(21)19-8-10-23-11-9-19/h4-12H2,1-3H3,(H,17,18). The summed E-state index contributed by atoms with van der Waals surface area (Å²) in [6.07, 6.45) is 0.0759. The minimum Gasteiger partial charge on any atom is -0.444 e. The van der Waals surface area contributed by atoms with Crippen molar-refractivity contribution in [2.75, 3.05) is 52.5 Å². The average molecular weight is 340 g/mol. The Balaban J connectivity index is 1.72. The van der Waals surface area contributed by atoms with Crippen LogP contribution in [0.5, 0.6) is 0 Å². The van der Waals surface area contributed by atoms with Gasteiger partial charge in [-0.25, -0.2) is 4.79 Å². The Labute approximate surface area is 143 Å². The highest BCUT2D eigenvalue weighted by Gasteiger charge is 2.25. The molecule has 2 aliphatic heterocycles. The minimum absolute atomic E-state index is 0.117. The number of morpholine rings is 1. The molecule has 1 N–H and O–H groups in total. The van der Waals surface area contributed by atoms with E-state index in [1.165, 1.54) is 0 Å². The number of carbonyl (C=O) groups excluding carboxylic acids is 2. The lowest BCUT2D eigenvalue weighted by Crippen LogP contribution is -2.48. The molecule has 1 saturated heterocycles. The van der Waals surface area contributed by atoms with E-state index >= 15 is 0 Å². The summed E-state index contributed by atoms with van der Waals surface area (Å²) in [5.41, 5.74) is -0.510. The van der Waals surface area contributed by atoms with E-state index in [1.807, 2.05) is 25.7 Å². The molecule has 8 nitrogen and oxygen atoms in total. The molecule has 136 valence electrons. The second-order valence-electron chi connectivity index (χ2n) is 6.90. The molecule has 0 unspecified atom stereocenters. The Kier molecular flexibility index (Phi) is 6.42. The Morgan fingerprint density at radius 2 is 1.92 bits per heavy atom. The van der Waals surface area contributed by atoms with Crippen molar-refractivity contribution in [2.45, 2.75) is 32.8 Å². The normalized spacial score (nSPS) is 18.9. The summed E-state index contributed by atoms with van der Waals surface area (Å²) in [6, 6.07) is 0. The Morgan fingerprint density at radius 3 is 2.58 bits per heavy atom. The highest BCUT2D eigenvalue weighted by molar-refractivity contribution is 5.88. The van der Waals surface area contributed by atoms with Crippen LogP contribution in [-0.2, 0) is 14.3 Å². The molecular formula is C16H28N4O4. The number of amides is 2. The zero-order chi connectivity index (χ0) is 17.6. The molecule has 2 aliphatic rings. The molecule has 24 heavy (non-hydrogen) atoms. The van der Waals surface area contributed by atoms with E-state index in [2.05, 4.69) is 10.3 Å². The van der Waals surface area contributed by atoms with Crippen molar-refractivity contribution in [3.8, 4) is 0 Å². The highest BCUT2D eigenvalue weighted by atomic mass is 16.6. The van der Waals surface area contributed by atoms with Crippen LogP contribution in [0, 0.1) is 0 Å². The lowest BCUT2D eigenvalue weighted by molar-refractivity contribution is -0.135. The average Bonchev–Trinajstić information content (AvgIpc) is 2.54. The van der Waals surface area contributed by atoms with E-state index in [0.29, 0.717) is 58.9 Å². The zero-order valence-corrected chi connectivity index (χ0v) is 14.8. The first-order chi connectivity index (χ1) is 11.3. The van der Waals surface area contributed by atoms with Crippen LogP contribution in [-0.4, -0.2) is 85.7 Å². The van der Waals surface area contributed by atoms with Gasteiger partial charge in [-0.2, -0.15) is 0 Å². The van der Waals surface area contributed by atoms with E-state index in [0.717, 1.165) is 5.84 Å². The van der Waals surface area contributed by atoms with Gasteiger partial charge in [0.15, 0.2) is 0 Å². The van der Waals surface area contributed by atoms with Gasteiger partial charge in [-0.3, -0.25) is 14.7 Å². The van der Waals surface area contributed by atoms with E-state index in [1.54, 1.807) is 4.90 Å². The van der Waals surface area contributed by atoms with Crippen LogP contribution >= 0.6 is 0 Å². The van der Waals surface area contributed by atoms with Crippen LogP contribution in [0.25, 0.3) is 0 Å². The van der Waals surface area contributed by atoms with Crippen molar-refractivity contribution >= 4 is 17.8 Å². The lowest BCUT2D eigenvalue weighted by Gasteiger charge is -2.30. The first-order valence-corrected chi connectivity index (χ1v) is 8.46. The van der Waals surface area contributed by atoms with Crippen molar-refractivity contribution in [3.05, 3.63) is 0 Å². The highest BCUT2D eigenvalue weighted by Crippen LogP contribution is 2.11. The SMILES string of the molecule is CC(C)(C)OC(=O)N1CCN=C(NCCC(=O)N2CCOCC2)C1. The topological polar surface area (TPSA) is 83.5 Å². The van der Waals surface area contributed by atoms with Crippen molar-refractivity contribution in [2.24, 2.45) is 4.99 Å². The number of amidine groups is 1. The molecule has 0 aromatic carbocycles. The van der Waals surface area contributed by atoms with Crippen LogP contribution in [0.4, 0.5) is 4.79 Å². The Hall–Kier alpha value is -1.83. The zero-order valence-electron chi connectivity index (χ0n) is 14.8. The summed E-state index contributed by atoms with van der Waals surface area (Å²) in [5, 5.41) is 3.16. The summed E-state index contributed by atoms with van der Waals surface area (Å²) >= 11 is 0. The maximum Gasteiger partial charge on any atom is 0.410 e. The number of ether oxygens (including phenoxy) is 2. The molecular weight excluding hydrogens is 312 g/mol. The van der Waals surface area contributed by atoms with Gasteiger partial charge in [0.2, 0.25) is 5.91 Å². The van der Waals surface area contributed by atoms with Gasteiger partial charge < -0.3 is 19.7 Å². The van der Waals surface area contributed by atoms with Gasteiger partial charge in [-0.05, 0) is 20.8 Å². The molecule has 0 aromatic rings. The lowest BCUT2D eigenvalue weighted by atomic mass is 10.2. The predicted octanol–water partition coefficient (Wildman–Crippen LogP) is 0.474. The number of hydrogen-bond acceptors (Lipinski definition) is 6. The van der Waals surface area contributed by atoms with Gasteiger partial charge in [-0.1, -0.05) is 0 Å². The fourth-order valence-electron chi connectivity index (χ4n) is 2.49. The second kappa shape index (κ2) is 8.32. The van der Waals surface area contributed by atoms with Gasteiger partial charge in [0, 0.05) is 32.6 Å². The fourth-order valence-corrected chi connectivity index (χ4v) is 2.49. The van der Waals surface area contributed by atoms with Gasteiger partial charge in [-0.15, -0.1) is 0 Å². The molecule has 0 bridgehead atoms. The molecule has 0 spiro atoms. The van der Waals surface area contributed by atoms with Crippen LogP contribution < -0.4 is 5.32 Å². The van der Waals surface area contributed by atoms with Crippen LogP contribution in [0.3, 0.4) is 0 Å². The number of rotatable bonds is 3. The molecule has 0 atom stereocenters. The largest absolute Gasteiger partial charge is 0.444 e. The van der Waals surface area contributed by atoms with E-state index in [-0.39, 0.29) is 12.0 Å². The molecule has 1 fully saturated rings.